The Morgan fingerprint density at radius 1 is 1.20 bits per heavy atom. The molecule has 2 rings (SSSR count). The number of sulfonamides is 1. The first-order valence-electron chi connectivity index (χ1n) is 5.76. The number of hydrogen-bond donors (Lipinski definition) is 1. The van der Waals surface area contributed by atoms with Crippen LogP contribution in [-0.2, 0) is 17.1 Å². The molecular formula is C13H13BrN2O3S. The number of aromatic nitrogens is 1. The lowest BCUT2D eigenvalue weighted by Crippen LogP contribution is -2.25. The van der Waals surface area contributed by atoms with Gasteiger partial charge in [0, 0.05) is 17.7 Å². The number of aryl methyl sites for hydroxylation is 2. The minimum absolute atomic E-state index is 0.0609. The van der Waals surface area contributed by atoms with Crippen LogP contribution in [0.1, 0.15) is 5.56 Å². The Bertz CT molecular complexity index is 813. The number of benzene rings is 1. The normalized spacial score (nSPS) is 11.3. The molecule has 0 bridgehead atoms. The summed E-state index contributed by atoms with van der Waals surface area (Å²) in [6, 6.07) is 8.12. The maximum Gasteiger partial charge on any atom is 0.274 e. The molecule has 20 heavy (non-hydrogen) atoms. The van der Waals surface area contributed by atoms with Crippen LogP contribution in [0.15, 0.2) is 50.7 Å². The smallest absolute Gasteiger partial charge is 0.274 e. The average molecular weight is 357 g/mol. The molecule has 1 heterocycles. The zero-order valence-corrected chi connectivity index (χ0v) is 13.3. The standard InChI is InChI=1S/C13H13BrN2O3S/c1-9-7-8-16(2)13(17)12(9)15-20(18,19)11-6-4-3-5-10(11)14/h3-8,15H,1-2H3. The minimum Gasteiger partial charge on any atom is -0.317 e. The lowest BCUT2D eigenvalue weighted by molar-refractivity contribution is 0.600. The number of nitrogens with zero attached hydrogens (tertiary/aromatic N) is 1. The SMILES string of the molecule is Cc1ccn(C)c(=O)c1NS(=O)(=O)c1ccccc1Br. The Morgan fingerprint density at radius 3 is 2.50 bits per heavy atom. The summed E-state index contributed by atoms with van der Waals surface area (Å²) >= 11 is 3.19. The summed E-state index contributed by atoms with van der Waals surface area (Å²) < 4.78 is 28.8. The van der Waals surface area contributed by atoms with Crippen LogP contribution in [0.3, 0.4) is 0 Å². The summed E-state index contributed by atoms with van der Waals surface area (Å²) in [7, 11) is -2.25. The van der Waals surface area contributed by atoms with Crippen LogP contribution in [0.4, 0.5) is 5.69 Å². The summed E-state index contributed by atoms with van der Waals surface area (Å²) in [4.78, 5) is 12.1. The summed E-state index contributed by atoms with van der Waals surface area (Å²) in [5.41, 5.74) is 0.245. The highest BCUT2D eigenvalue weighted by Crippen LogP contribution is 2.23. The molecule has 0 aliphatic heterocycles. The predicted octanol–water partition coefficient (Wildman–Crippen LogP) is 2.26. The lowest BCUT2D eigenvalue weighted by atomic mass is 10.2. The fraction of sp³-hybridized carbons (Fsp3) is 0.154. The molecule has 1 aromatic carbocycles. The van der Waals surface area contributed by atoms with Gasteiger partial charge in [-0.15, -0.1) is 0 Å². The van der Waals surface area contributed by atoms with Crippen molar-refractivity contribution in [1.29, 1.82) is 0 Å². The molecule has 0 spiro atoms. The highest BCUT2D eigenvalue weighted by molar-refractivity contribution is 9.10. The topological polar surface area (TPSA) is 68.2 Å². The van der Waals surface area contributed by atoms with Gasteiger partial charge in [0.15, 0.2) is 0 Å². The van der Waals surface area contributed by atoms with Crippen molar-refractivity contribution in [3.63, 3.8) is 0 Å². The van der Waals surface area contributed by atoms with E-state index in [-0.39, 0.29) is 16.1 Å². The van der Waals surface area contributed by atoms with E-state index in [1.54, 1.807) is 44.4 Å². The van der Waals surface area contributed by atoms with Crippen LogP contribution in [0, 0.1) is 6.92 Å². The molecule has 0 amide bonds. The molecule has 0 radical (unpaired) electrons. The highest BCUT2D eigenvalue weighted by Gasteiger charge is 2.20. The molecule has 106 valence electrons. The molecule has 2 aromatic rings. The van der Waals surface area contributed by atoms with Crippen LogP contribution < -0.4 is 10.3 Å². The van der Waals surface area contributed by atoms with E-state index in [9.17, 15) is 13.2 Å². The van der Waals surface area contributed by atoms with Gasteiger partial charge < -0.3 is 4.57 Å². The van der Waals surface area contributed by atoms with Crippen LogP contribution in [-0.4, -0.2) is 13.0 Å². The molecule has 1 aromatic heterocycles. The molecule has 7 heteroatoms. The Kier molecular flexibility index (Phi) is 4.01. The summed E-state index contributed by atoms with van der Waals surface area (Å²) in [5.74, 6) is 0. The van der Waals surface area contributed by atoms with E-state index in [1.165, 1.54) is 10.6 Å². The fourth-order valence-corrected chi connectivity index (χ4v) is 3.83. The molecule has 0 unspecified atom stereocenters. The van der Waals surface area contributed by atoms with Crippen molar-refractivity contribution in [2.24, 2.45) is 7.05 Å². The molecule has 0 saturated heterocycles. The van der Waals surface area contributed by atoms with Crippen molar-refractivity contribution in [2.75, 3.05) is 4.72 Å². The van der Waals surface area contributed by atoms with Gasteiger partial charge in [-0.1, -0.05) is 12.1 Å². The monoisotopic (exact) mass is 356 g/mol. The molecule has 0 fully saturated rings. The summed E-state index contributed by atoms with van der Waals surface area (Å²) in [6.45, 7) is 1.68. The van der Waals surface area contributed by atoms with Crippen molar-refractivity contribution < 1.29 is 8.42 Å². The second-order valence-corrected chi connectivity index (χ2v) is 6.83. The third-order valence-electron chi connectivity index (χ3n) is 2.84. The van der Waals surface area contributed by atoms with E-state index in [1.807, 2.05) is 0 Å². The maximum absolute atomic E-state index is 12.3. The van der Waals surface area contributed by atoms with Crippen molar-refractivity contribution in [1.82, 2.24) is 4.57 Å². The van der Waals surface area contributed by atoms with Gasteiger partial charge in [0.25, 0.3) is 15.6 Å². The Morgan fingerprint density at radius 2 is 1.85 bits per heavy atom. The van der Waals surface area contributed by atoms with E-state index in [0.717, 1.165) is 0 Å². The fourth-order valence-electron chi connectivity index (χ4n) is 1.70. The van der Waals surface area contributed by atoms with E-state index >= 15 is 0 Å². The van der Waals surface area contributed by atoms with Crippen molar-refractivity contribution in [3.05, 3.63) is 56.9 Å². The second kappa shape index (κ2) is 5.41. The van der Waals surface area contributed by atoms with Gasteiger partial charge in [-0.3, -0.25) is 9.52 Å². The Balaban J connectivity index is 2.53. The number of pyridine rings is 1. The van der Waals surface area contributed by atoms with E-state index in [4.69, 9.17) is 0 Å². The highest BCUT2D eigenvalue weighted by atomic mass is 79.9. The predicted molar refractivity (Wildman–Crippen MR) is 81.4 cm³/mol. The van der Waals surface area contributed by atoms with E-state index < -0.39 is 10.0 Å². The molecule has 0 aliphatic rings. The summed E-state index contributed by atoms with van der Waals surface area (Å²) in [5, 5.41) is 0. The van der Waals surface area contributed by atoms with Crippen LogP contribution in [0.25, 0.3) is 0 Å². The van der Waals surface area contributed by atoms with Gasteiger partial charge in [0.05, 0.1) is 0 Å². The molecule has 0 saturated carbocycles. The average Bonchev–Trinajstić information content (AvgIpc) is 2.39. The van der Waals surface area contributed by atoms with Crippen molar-refractivity contribution in [3.8, 4) is 0 Å². The second-order valence-electron chi connectivity index (χ2n) is 4.33. The van der Waals surface area contributed by atoms with Crippen LogP contribution >= 0.6 is 15.9 Å². The molecule has 0 aliphatic carbocycles. The number of anilines is 1. The quantitative estimate of drug-likeness (QED) is 0.916. The van der Waals surface area contributed by atoms with Crippen LogP contribution in [0.5, 0.6) is 0 Å². The number of rotatable bonds is 3. The first-order chi connectivity index (χ1) is 9.33. The van der Waals surface area contributed by atoms with E-state index in [2.05, 4.69) is 20.7 Å². The van der Waals surface area contributed by atoms with Gasteiger partial charge in [-0.05, 0) is 46.6 Å². The number of halogens is 1. The van der Waals surface area contributed by atoms with Gasteiger partial charge in [0.2, 0.25) is 0 Å². The molecule has 5 nitrogen and oxygen atoms in total. The van der Waals surface area contributed by atoms with Crippen molar-refractivity contribution in [2.45, 2.75) is 11.8 Å². The lowest BCUT2D eigenvalue weighted by Gasteiger charge is -2.12. The Labute approximate surface area is 125 Å². The van der Waals surface area contributed by atoms with Gasteiger partial charge in [-0.25, -0.2) is 8.42 Å². The zero-order valence-electron chi connectivity index (χ0n) is 10.9. The van der Waals surface area contributed by atoms with Gasteiger partial charge >= 0.3 is 0 Å². The first-order valence-corrected chi connectivity index (χ1v) is 8.04. The van der Waals surface area contributed by atoms with Crippen LogP contribution in [0.2, 0.25) is 0 Å². The minimum atomic E-state index is -3.82. The van der Waals surface area contributed by atoms with Gasteiger partial charge in [0.1, 0.15) is 10.6 Å². The van der Waals surface area contributed by atoms with E-state index in [0.29, 0.717) is 10.0 Å². The Hall–Kier alpha value is -1.60. The molecular weight excluding hydrogens is 344 g/mol. The van der Waals surface area contributed by atoms with Crippen molar-refractivity contribution >= 4 is 31.6 Å². The largest absolute Gasteiger partial charge is 0.317 e. The van der Waals surface area contributed by atoms with Gasteiger partial charge in [-0.2, -0.15) is 0 Å². The number of hydrogen-bond acceptors (Lipinski definition) is 3. The first kappa shape index (κ1) is 14.8. The summed E-state index contributed by atoms with van der Waals surface area (Å²) in [6.07, 6.45) is 1.59. The number of nitrogens with one attached hydrogen (secondary N) is 1. The zero-order chi connectivity index (χ0) is 14.9. The third kappa shape index (κ3) is 2.78. The third-order valence-corrected chi connectivity index (χ3v) is 5.20. The maximum atomic E-state index is 12.3. The molecule has 1 N–H and O–H groups in total. The molecule has 0 atom stereocenters.